The molecule has 2 atom stereocenters. The summed E-state index contributed by atoms with van der Waals surface area (Å²) in [5, 5.41) is 7.79. The molecule has 2 aromatic rings. The fourth-order valence-electron chi connectivity index (χ4n) is 4.29. The van der Waals surface area contributed by atoms with E-state index < -0.39 is 0 Å². The minimum absolute atomic E-state index is 0.0680. The average molecular weight is 400 g/mol. The molecule has 0 aliphatic carbocycles. The molecule has 150 valence electrons. The molecule has 0 radical (unpaired) electrons. The fourth-order valence-corrected chi connectivity index (χ4v) is 5.67. The predicted molar refractivity (Wildman–Crippen MR) is 117 cm³/mol. The number of fused-ring (bicyclic) bond motifs is 3. The molecule has 5 nitrogen and oxygen atoms in total. The van der Waals surface area contributed by atoms with Gasteiger partial charge in [-0.15, -0.1) is 11.3 Å². The number of carbonyl (C=O) groups excluding carboxylic acids is 1. The molecule has 6 heteroatoms. The number of carbonyl (C=O) groups is 1. The van der Waals surface area contributed by atoms with Crippen LogP contribution in [0.5, 0.6) is 0 Å². The van der Waals surface area contributed by atoms with Gasteiger partial charge in [-0.1, -0.05) is 26.0 Å². The maximum Gasteiger partial charge on any atom is 0.256 e. The Balaban J connectivity index is 1.54. The van der Waals surface area contributed by atoms with E-state index in [0.29, 0.717) is 0 Å². The number of amides is 1. The molecule has 4 rings (SSSR count). The largest absolute Gasteiger partial charge is 0.372 e. The van der Waals surface area contributed by atoms with E-state index in [-0.39, 0.29) is 12.1 Å². The number of anilines is 2. The summed E-state index contributed by atoms with van der Waals surface area (Å²) in [4.78, 5) is 18.2. The topological polar surface area (TPSA) is 48.8 Å². The third-order valence-electron chi connectivity index (χ3n) is 5.71. The zero-order valence-electron chi connectivity index (χ0n) is 17.1. The first-order valence-electron chi connectivity index (χ1n) is 10.5. The highest BCUT2D eigenvalue weighted by Crippen LogP contribution is 2.39. The second kappa shape index (κ2) is 8.13. The van der Waals surface area contributed by atoms with Crippen molar-refractivity contribution in [2.24, 2.45) is 0 Å². The Bertz CT molecular complexity index is 839. The molecule has 2 aliphatic rings. The average Bonchev–Trinajstić information content (AvgIpc) is 3.05. The zero-order chi connectivity index (χ0) is 19.7. The first kappa shape index (κ1) is 19.3. The molecule has 28 heavy (non-hydrogen) atoms. The number of nitrogens with zero attached hydrogens (tertiary/aromatic N) is 1. The molecule has 1 amide bonds. The van der Waals surface area contributed by atoms with Gasteiger partial charge in [0.25, 0.3) is 5.91 Å². The monoisotopic (exact) mass is 399 g/mol. The molecule has 0 fully saturated rings. The predicted octanol–water partition coefficient (Wildman–Crippen LogP) is 2.80. The molecule has 2 aliphatic heterocycles. The van der Waals surface area contributed by atoms with Crippen molar-refractivity contribution < 1.29 is 9.69 Å². The maximum atomic E-state index is 12.9. The van der Waals surface area contributed by atoms with Crippen LogP contribution in [-0.2, 0) is 13.0 Å². The molecule has 0 saturated carbocycles. The van der Waals surface area contributed by atoms with Gasteiger partial charge >= 0.3 is 0 Å². The van der Waals surface area contributed by atoms with Crippen LogP contribution < -0.4 is 20.4 Å². The molecular weight excluding hydrogens is 368 g/mol. The smallest absolute Gasteiger partial charge is 0.256 e. The molecular formula is C22H31N4OS+. The maximum absolute atomic E-state index is 12.9. The van der Waals surface area contributed by atoms with Crippen molar-refractivity contribution in [3.8, 4) is 0 Å². The van der Waals surface area contributed by atoms with E-state index in [1.54, 1.807) is 11.3 Å². The van der Waals surface area contributed by atoms with Crippen molar-refractivity contribution in [3.63, 3.8) is 0 Å². The van der Waals surface area contributed by atoms with E-state index in [2.05, 4.69) is 60.7 Å². The van der Waals surface area contributed by atoms with Crippen molar-refractivity contribution in [3.05, 3.63) is 45.8 Å². The summed E-state index contributed by atoms with van der Waals surface area (Å²) in [5.41, 5.74) is 4.51. The lowest BCUT2D eigenvalue weighted by molar-refractivity contribution is -0.895. The SMILES string of the molecule is CCCN(CCC)c1ccc([C@H]2NC(=O)c3c(sc4c3CC[NH+](C)C4)N2)cc1. The lowest BCUT2D eigenvalue weighted by Gasteiger charge is -2.28. The Morgan fingerprint density at radius 2 is 1.86 bits per heavy atom. The summed E-state index contributed by atoms with van der Waals surface area (Å²) in [7, 11) is 2.22. The van der Waals surface area contributed by atoms with E-state index in [0.717, 1.165) is 61.6 Å². The van der Waals surface area contributed by atoms with Crippen LogP contribution in [-0.4, -0.2) is 32.6 Å². The molecule has 1 unspecified atom stereocenters. The molecule has 3 N–H and O–H groups in total. The molecule has 0 saturated heterocycles. The van der Waals surface area contributed by atoms with Crippen LogP contribution in [0.1, 0.15) is 59.2 Å². The van der Waals surface area contributed by atoms with Gasteiger partial charge in [-0.2, -0.15) is 0 Å². The van der Waals surface area contributed by atoms with Crippen LogP contribution in [0.4, 0.5) is 10.7 Å². The number of benzene rings is 1. The van der Waals surface area contributed by atoms with Gasteiger partial charge in [0.1, 0.15) is 17.7 Å². The van der Waals surface area contributed by atoms with Gasteiger partial charge in [-0.25, -0.2) is 0 Å². The number of likely N-dealkylation sites (N-methyl/N-ethyl adjacent to an activating group) is 1. The quantitative estimate of drug-likeness (QED) is 0.700. The second-order valence-corrected chi connectivity index (χ2v) is 9.08. The highest BCUT2D eigenvalue weighted by molar-refractivity contribution is 7.16. The lowest BCUT2D eigenvalue weighted by Crippen LogP contribution is -3.08. The Morgan fingerprint density at radius 1 is 1.14 bits per heavy atom. The first-order chi connectivity index (χ1) is 13.6. The summed E-state index contributed by atoms with van der Waals surface area (Å²) in [6.07, 6.45) is 3.12. The summed E-state index contributed by atoms with van der Waals surface area (Å²) in [6.45, 7) is 8.70. The zero-order valence-corrected chi connectivity index (χ0v) is 17.9. The summed E-state index contributed by atoms with van der Waals surface area (Å²) >= 11 is 1.76. The van der Waals surface area contributed by atoms with Crippen molar-refractivity contribution >= 4 is 27.9 Å². The van der Waals surface area contributed by atoms with Gasteiger partial charge in [0.05, 0.1) is 24.0 Å². The van der Waals surface area contributed by atoms with Crippen LogP contribution in [0.15, 0.2) is 24.3 Å². The van der Waals surface area contributed by atoms with Crippen molar-refractivity contribution in [1.29, 1.82) is 0 Å². The van der Waals surface area contributed by atoms with Gasteiger partial charge in [0.2, 0.25) is 0 Å². The van der Waals surface area contributed by atoms with Crippen LogP contribution >= 0.6 is 11.3 Å². The Labute approximate surface area is 171 Å². The van der Waals surface area contributed by atoms with Gasteiger partial charge in [-0.3, -0.25) is 4.79 Å². The summed E-state index contributed by atoms with van der Waals surface area (Å²) in [6, 6.07) is 8.65. The Morgan fingerprint density at radius 3 is 2.54 bits per heavy atom. The molecule has 3 heterocycles. The highest BCUT2D eigenvalue weighted by Gasteiger charge is 2.33. The van der Waals surface area contributed by atoms with E-state index in [1.807, 2.05) is 0 Å². The Kier molecular flexibility index (Phi) is 5.60. The van der Waals surface area contributed by atoms with Gasteiger partial charge < -0.3 is 20.4 Å². The van der Waals surface area contributed by atoms with E-state index in [1.165, 1.54) is 21.0 Å². The number of hydrogen-bond donors (Lipinski definition) is 3. The number of quaternary nitrogens is 1. The normalized spacial score (nSPS) is 20.8. The van der Waals surface area contributed by atoms with Crippen LogP contribution in [0.2, 0.25) is 0 Å². The molecule has 1 aromatic carbocycles. The van der Waals surface area contributed by atoms with Crippen molar-refractivity contribution in [2.45, 2.75) is 45.8 Å². The molecule has 0 spiro atoms. The first-order valence-corrected chi connectivity index (χ1v) is 11.3. The minimum atomic E-state index is -0.162. The van der Waals surface area contributed by atoms with Gasteiger partial charge in [0.15, 0.2) is 0 Å². The lowest BCUT2D eigenvalue weighted by atomic mass is 10.0. The van der Waals surface area contributed by atoms with Crippen molar-refractivity contribution in [2.75, 3.05) is 36.9 Å². The van der Waals surface area contributed by atoms with Crippen LogP contribution in [0.25, 0.3) is 0 Å². The van der Waals surface area contributed by atoms with E-state index in [9.17, 15) is 4.79 Å². The molecule has 0 bridgehead atoms. The third kappa shape index (κ3) is 3.63. The van der Waals surface area contributed by atoms with E-state index >= 15 is 0 Å². The van der Waals surface area contributed by atoms with E-state index in [4.69, 9.17) is 0 Å². The second-order valence-electron chi connectivity index (χ2n) is 7.97. The summed E-state index contributed by atoms with van der Waals surface area (Å²) < 4.78 is 0. The number of thiophene rings is 1. The molecule has 1 aromatic heterocycles. The van der Waals surface area contributed by atoms with Gasteiger partial charge in [0, 0.05) is 25.2 Å². The Hall–Kier alpha value is -2.05. The highest BCUT2D eigenvalue weighted by atomic mass is 32.1. The minimum Gasteiger partial charge on any atom is -0.372 e. The van der Waals surface area contributed by atoms with Crippen LogP contribution in [0, 0.1) is 0 Å². The van der Waals surface area contributed by atoms with Crippen LogP contribution in [0.3, 0.4) is 0 Å². The fraction of sp³-hybridized carbons (Fsp3) is 0.500. The number of nitrogens with one attached hydrogen (secondary N) is 3. The third-order valence-corrected chi connectivity index (χ3v) is 6.87. The van der Waals surface area contributed by atoms with Crippen molar-refractivity contribution in [1.82, 2.24) is 5.32 Å². The number of hydrogen-bond acceptors (Lipinski definition) is 4. The summed E-state index contributed by atoms with van der Waals surface area (Å²) in [5.74, 6) is 0.0680. The number of rotatable bonds is 6. The van der Waals surface area contributed by atoms with Gasteiger partial charge in [-0.05, 0) is 36.1 Å². The standard InChI is InChI=1S/C22H30N4OS/c1-4-11-26(12-5-2)16-8-6-15(7-9-16)20-23-21(27)19-17-10-13-25(3)14-18(17)28-22(19)24-20/h6-9,20,24H,4-5,10-14H2,1-3H3,(H,23,27)/p+1/t20-/m0/s1.